The lowest BCUT2D eigenvalue weighted by molar-refractivity contribution is -0.134. The van der Waals surface area contributed by atoms with E-state index in [1.165, 1.54) is 5.69 Å². The number of piperidine rings is 1. The first-order valence-electron chi connectivity index (χ1n) is 20.3. The third-order valence-corrected chi connectivity index (χ3v) is 11.5. The van der Waals surface area contributed by atoms with E-state index < -0.39 is 5.91 Å². The molecule has 2 fully saturated rings. The summed E-state index contributed by atoms with van der Waals surface area (Å²) in [6, 6.07) is 20.7. The minimum absolute atomic E-state index is 0.0503. The number of carbonyl (C=O) groups is 3. The second-order valence-electron chi connectivity index (χ2n) is 16.7. The molecule has 304 valence electrons. The summed E-state index contributed by atoms with van der Waals surface area (Å²) >= 11 is 0. The third kappa shape index (κ3) is 8.49. The number of nitrogens with zero attached hydrogens (tertiary/aromatic N) is 7. The number of H-pyrrole nitrogens is 1. The van der Waals surface area contributed by atoms with E-state index in [0.717, 1.165) is 95.0 Å². The van der Waals surface area contributed by atoms with E-state index in [2.05, 4.69) is 77.2 Å². The van der Waals surface area contributed by atoms with Crippen LogP contribution in [-0.4, -0.2) is 85.7 Å². The van der Waals surface area contributed by atoms with E-state index in [9.17, 15) is 14.4 Å². The molecule has 2 atom stereocenters. The molecule has 0 bridgehead atoms. The lowest BCUT2D eigenvalue weighted by atomic mass is 9.89. The van der Waals surface area contributed by atoms with Gasteiger partial charge in [0, 0.05) is 90.8 Å². The molecule has 14 heteroatoms. The molecule has 1 unspecified atom stereocenters. The number of benzene rings is 2. The van der Waals surface area contributed by atoms with E-state index in [4.69, 9.17) is 14.5 Å². The number of rotatable bonds is 10. The molecule has 14 nitrogen and oxygen atoms in total. The maximum Gasteiger partial charge on any atom is 0.315 e. The van der Waals surface area contributed by atoms with Crippen molar-refractivity contribution in [2.24, 2.45) is 0 Å². The standard InChI is InChI=1S/C45H50N10O4/c1-26-23-30(9-13-34(26)27(2)48-42(58)43-50-44(53-59-43)45(4,5)6)39-37-24-31(25-46-40(37)52-51-39)29-7-11-33(12-8-29)55-21-19-54(20-22-55)18-17-32-10-14-35(28(3)47-32)36-15-16-38(56)49-41(36)57/h7-14,23-25,27,36H,15-22H2,1-6H3,(H,48,58)(H,46,51,52)(H,49,56,57)/t27-,36?/m1/s1. The fourth-order valence-corrected chi connectivity index (χ4v) is 8.04. The zero-order valence-electron chi connectivity index (χ0n) is 34.4. The van der Waals surface area contributed by atoms with Crippen LogP contribution in [0.1, 0.15) is 97.1 Å². The van der Waals surface area contributed by atoms with Crippen molar-refractivity contribution in [3.63, 3.8) is 0 Å². The Morgan fingerprint density at radius 2 is 1.71 bits per heavy atom. The Bertz CT molecular complexity index is 2530. The van der Waals surface area contributed by atoms with Crippen molar-refractivity contribution in [2.45, 2.75) is 78.2 Å². The quantitative estimate of drug-likeness (QED) is 0.132. The fraction of sp³-hybridized carbons (Fsp3) is 0.378. The number of carbonyl (C=O) groups excluding carboxylic acids is 3. The normalized spacial score (nSPS) is 17.0. The second kappa shape index (κ2) is 16.2. The lowest BCUT2D eigenvalue weighted by Crippen LogP contribution is -2.47. The number of aryl methyl sites for hydroxylation is 2. The SMILES string of the molecule is Cc1cc(-c2n[nH]c3ncc(-c4ccc(N5CCN(CCc6ccc(C7CCC(=O)NC7=O)c(C)n6)CC5)cc4)cc23)ccc1[C@@H](C)NC(=O)c1nc(C(C)(C)C)no1. The zero-order valence-corrected chi connectivity index (χ0v) is 34.4. The Morgan fingerprint density at radius 1 is 0.949 bits per heavy atom. The third-order valence-electron chi connectivity index (χ3n) is 11.5. The van der Waals surface area contributed by atoms with Gasteiger partial charge in [-0.15, -0.1) is 0 Å². The van der Waals surface area contributed by atoms with Crippen LogP contribution in [0.3, 0.4) is 0 Å². The molecule has 6 heterocycles. The van der Waals surface area contributed by atoms with Gasteiger partial charge in [-0.05, 0) is 79.8 Å². The van der Waals surface area contributed by atoms with Gasteiger partial charge in [-0.2, -0.15) is 10.1 Å². The Kier molecular flexibility index (Phi) is 10.8. The van der Waals surface area contributed by atoms with Crippen LogP contribution in [0.4, 0.5) is 5.69 Å². The van der Waals surface area contributed by atoms with Gasteiger partial charge in [0.05, 0.1) is 12.0 Å². The summed E-state index contributed by atoms with van der Waals surface area (Å²) in [5.41, 5.74) is 10.2. The molecule has 2 saturated heterocycles. The van der Waals surface area contributed by atoms with Gasteiger partial charge in [-0.25, -0.2) is 4.98 Å². The number of anilines is 1. The van der Waals surface area contributed by atoms with Gasteiger partial charge in [-0.1, -0.05) is 56.3 Å². The monoisotopic (exact) mass is 794 g/mol. The van der Waals surface area contributed by atoms with Crippen LogP contribution in [-0.2, 0) is 21.4 Å². The van der Waals surface area contributed by atoms with E-state index in [-0.39, 0.29) is 35.1 Å². The molecule has 4 aromatic heterocycles. The molecule has 0 spiro atoms. The summed E-state index contributed by atoms with van der Waals surface area (Å²) < 4.78 is 5.24. The molecule has 6 aromatic rings. The molecule has 2 aliphatic rings. The summed E-state index contributed by atoms with van der Waals surface area (Å²) in [5, 5.41) is 18.1. The number of fused-ring (bicyclic) bond motifs is 1. The number of aromatic nitrogens is 6. The molecule has 0 saturated carbocycles. The van der Waals surface area contributed by atoms with Crippen molar-refractivity contribution in [1.82, 2.24) is 45.8 Å². The Balaban J connectivity index is 0.870. The maximum absolute atomic E-state index is 12.9. The summed E-state index contributed by atoms with van der Waals surface area (Å²) in [6.07, 6.45) is 3.62. The van der Waals surface area contributed by atoms with Gasteiger partial charge in [-0.3, -0.25) is 34.7 Å². The number of imide groups is 1. The van der Waals surface area contributed by atoms with Crippen LogP contribution in [0, 0.1) is 13.8 Å². The summed E-state index contributed by atoms with van der Waals surface area (Å²) in [4.78, 5) is 55.6. The van der Waals surface area contributed by atoms with Gasteiger partial charge in [0.1, 0.15) is 5.69 Å². The second-order valence-corrected chi connectivity index (χ2v) is 16.7. The topological polar surface area (TPSA) is 175 Å². The van der Waals surface area contributed by atoms with Crippen molar-refractivity contribution in [2.75, 3.05) is 37.6 Å². The predicted molar refractivity (Wildman–Crippen MR) is 225 cm³/mol. The van der Waals surface area contributed by atoms with Crippen molar-refractivity contribution in [1.29, 1.82) is 0 Å². The van der Waals surface area contributed by atoms with Crippen molar-refractivity contribution < 1.29 is 18.9 Å². The number of pyridine rings is 2. The van der Waals surface area contributed by atoms with E-state index in [1.54, 1.807) is 0 Å². The van der Waals surface area contributed by atoms with Gasteiger partial charge < -0.3 is 14.7 Å². The van der Waals surface area contributed by atoms with E-state index in [0.29, 0.717) is 24.3 Å². The molecule has 2 aliphatic heterocycles. The molecular weight excluding hydrogens is 745 g/mol. The zero-order chi connectivity index (χ0) is 41.4. The van der Waals surface area contributed by atoms with Crippen LogP contribution < -0.4 is 15.5 Å². The molecular formula is C45H50N10O4. The fourth-order valence-electron chi connectivity index (χ4n) is 8.04. The average molecular weight is 795 g/mol. The number of aromatic amines is 1. The molecule has 0 aliphatic carbocycles. The number of amides is 3. The highest BCUT2D eigenvalue weighted by molar-refractivity contribution is 6.01. The first-order chi connectivity index (χ1) is 28.3. The molecule has 0 radical (unpaired) electrons. The average Bonchev–Trinajstić information content (AvgIpc) is 3.90. The predicted octanol–water partition coefficient (Wildman–Crippen LogP) is 6.36. The van der Waals surface area contributed by atoms with E-state index >= 15 is 0 Å². The number of hydrogen-bond donors (Lipinski definition) is 3. The Hall–Kier alpha value is -6.28. The van der Waals surface area contributed by atoms with Crippen LogP contribution in [0.15, 0.2) is 71.4 Å². The first-order valence-corrected chi connectivity index (χ1v) is 20.3. The minimum Gasteiger partial charge on any atom is -0.369 e. The molecule has 59 heavy (non-hydrogen) atoms. The lowest BCUT2D eigenvalue weighted by Gasteiger charge is -2.36. The van der Waals surface area contributed by atoms with Crippen LogP contribution in [0.5, 0.6) is 0 Å². The van der Waals surface area contributed by atoms with Crippen LogP contribution in [0.2, 0.25) is 0 Å². The van der Waals surface area contributed by atoms with Crippen molar-refractivity contribution in [3.8, 4) is 22.4 Å². The van der Waals surface area contributed by atoms with Crippen LogP contribution in [0.25, 0.3) is 33.4 Å². The van der Waals surface area contributed by atoms with Gasteiger partial charge in [0.15, 0.2) is 11.5 Å². The van der Waals surface area contributed by atoms with Crippen LogP contribution >= 0.6 is 0 Å². The molecule has 8 rings (SSSR count). The number of hydrogen-bond acceptors (Lipinski definition) is 11. The molecule has 2 aromatic carbocycles. The number of piperazine rings is 1. The molecule has 3 N–H and O–H groups in total. The minimum atomic E-state index is -0.411. The summed E-state index contributed by atoms with van der Waals surface area (Å²) in [7, 11) is 0. The first kappa shape index (κ1) is 39.5. The largest absolute Gasteiger partial charge is 0.369 e. The van der Waals surface area contributed by atoms with Gasteiger partial charge in [0.25, 0.3) is 0 Å². The Labute approximate surface area is 343 Å². The highest BCUT2D eigenvalue weighted by Crippen LogP contribution is 2.33. The Morgan fingerprint density at radius 3 is 2.41 bits per heavy atom. The summed E-state index contributed by atoms with van der Waals surface area (Å²) in [6.45, 7) is 16.5. The van der Waals surface area contributed by atoms with E-state index in [1.807, 2.05) is 72.0 Å². The molecule has 3 amide bonds. The smallest absolute Gasteiger partial charge is 0.315 e. The highest BCUT2D eigenvalue weighted by Gasteiger charge is 2.30. The summed E-state index contributed by atoms with van der Waals surface area (Å²) in [5.74, 6) is -0.715. The van der Waals surface area contributed by atoms with Gasteiger partial charge >= 0.3 is 11.8 Å². The number of nitrogens with one attached hydrogen (secondary N) is 3. The van der Waals surface area contributed by atoms with Crippen molar-refractivity contribution in [3.05, 3.63) is 107 Å². The van der Waals surface area contributed by atoms with Crippen molar-refractivity contribution >= 4 is 34.4 Å². The highest BCUT2D eigenvalue weighted by atomic mass is 16.5. The maximum atomic E-state index is 12.9. The van der Waals surface area contributed by atoms with Gasteiger partial charge in [0.2, 0.25) is 11.8 Å².